The molecular weight excluding hydrogens is 526 g/mol. The summed E-state index contributed by atoms with van der Waals surface area (Å²) in [5.41, 5.74) is 1.51. The van der Waals surface area contributed by atoms with Crippen molar-refractivity contribution < 1.29 is 26.4 Å². The zero-order valence-corrected chi connectivity index (χ0v) is 22.2. The van der Waals surface area contributed by atoms with Crippen molar-refractivity contribution in [2.45, 2.75) is 23.3 Å². The third-order valence-electron chi connectivity index (χ3n) is 5.33. The van der Waals surface area contributed by atoms with Gasteiger partial charge in [-0.05, 0) is 55.4 Å². The number of halogens is 1. The number of benzene rings is 3. The zero-order valence-electron chi connectivity index (χ0n) is 19.9. The van der Waals surface area contributed by atoms with E-state index in [1.807, 2.05) is 0 Å². The summed E-state index contributed by atoms with van der Waals surface area (Å²) in [7, 11) is -5.36. The Balaban J connectivity index is 1.97. The van der Waals surface area contributed by atoms with Crippen LogP contribution in [0.25, 0.3) is 0 Å². The van der Waals surface area contributed by atoms with Gasteiger partial charge >= 0.3 is 0 Å². The Morgan fingerprint density at radius 1 is 1.00 bits per heavy atom. The number of carbonyl (C=O) groups excluding carboxylic acids is 1. The van der Waals surface area contributed by atoms with E-state index in [4.69, 9.17) is 16.3 Å². The topological polar surface area (TPSA) is 122 Å². The molecule has 0 unspecified atom stereocenters. The van der Waals surface area contributed by atoms with Crippen molar-refractivity contribution in [1.29, 1.82) is 0 Å². The molecule has 0 saturated heterocycles. The van der Waals surface area contributed by atoms with Gasteiger partial charge in [-0.15, -0.1) is 0 Å². The van der Waals surface area contributed by atoms with Gasteiger partial charge in [0.15, 0.2) is 0 Å². The highest BCUT2D eigenvalue weighted by Gasteiger charge is 2.30. The second-order valence-corrected chi connectivity index (χ2v) is 12.0. The van der Waals surface area contributed by atoms with Gasteiger partial charge in [0.1, 0.15) is 10.6 Å². The summed E-state index contributed by atoms with van der Waals surface area (Å²) in [6.45, 7) is 1.05. The number of carbonyl (C=O) groups is 1. The van der Waals surface area contributed by atoms with Crippen molar-refractivity contribution in [2.75, 3.05) is 26.0 Å². The minimum atomic E-state index is -4.24. The average molecular weight is 552 g/mol. The maximum absolute atomic E-state index is 13.7. The Bertz CT molecular complexity index is 1460. The van der Waals surface area contributed by atoms with Gasteiger partial charge in [0, 0.05) is 17.3 Å². The molecule has 0 aliphatic carbocycles. The highest BCUT2D eigenvalue weighted by molar-refractivity contribution is 7.89. The van der Waals surface area contributed by atoms with Crippen molar-refractivity contribution >= 4 is 43.2 Å². The number of ether oxygens (including phenoxy) is 1. The average Bonchev–Trinajstić information content (AvgIpc) is 2.85. The molecule has 2 N–H and O–H groups in total. The molecule has 0 aromatic heterocycles. The normalized spacial score (nSPS) is 11.9. The Morgan fingerprint density at radius 2 is 1.69 bits per heavy atom. The summed E-state index contributed by atoms with van der Waals surface area (Å²) in [5.74, 6) is -0.573. The Morgan fingerprint density at radius 3 is 2.33 bits per heavy atom. The molecule has 3 aromatic carbocycles. The second-order valence-electron chi connectivity index (χ2n) is 7.79. The number of nitrogens with one attached hydrogen (secondary N) is 2. The first-order chi connectivity index (χ1) is 17.0. The minimum Gasteiger partial charge on any atom is -0.495 e. The number of nitrogens with zero attached hydrogens (tertiary/aromatic N) is 1. The van der Waals surface area contributed by atoms with Crippen LogP contribution in [0.4, 0.5) is 5.69 Å². The summed E-state index contributed by atoms with van der Waals surface area (Å²) >= 11 is 6.07. The number of methoxy groups -OCH3 is 1. The van der Waals surface area contributed by atoms with Crippen LogP contribution in [0.1, 0.15) is 11.1 Å². The summed E-state index contributed by atoms with van der Waals surface area (Å²) in [6.07, 6.45) is 0. The molecule has 0 spiro atoms. The first-order valence-corrected chi connectivity index (χ1v) is 14.0. The SMILES string of the molecule is CNS(=O)(=O)c1ccc(C)c(NC(=O)CN(Cc2ccccc2)S(=O)(=O)c2cc(Cl)ccc2OC)c1. The molecule has 0 bridgehead atoms. The fourth-order valence-electron chi connectivity index (χ4n) is 3.37. The third kappa shape index (κ3) is 6.42. The van der Waals surface area contributed by atoms with Crippen LogP contribution in [-0.4, -0.2) is 47.8 Å². The van der Waals surface area contributed by atoms with Gasteiger partial charge in [0.05, 0.1) is 18.6 Å². The van der Waals surface area contributed by atoms with E-state index in [0.29, 0.717) is 11.1 Å². The fourth-order valence-corrected chi connectivity index (χ4v) is 5.93. The van der Waals surface area contributed by atoms with E-state index >= 15 is 0 Å². The Labute approximate surface area is 216 Å². The van der Waals surface area contributed by atoms with Crippen LogP contribution in [0, 0.1) is 6.92 Å². The highest BCUT2D eigenvalue weighted by Crippen LogP contribution is 2.30. The minimum absolute atomic E-state index is 0.0386. The van der Waals surface area contributed by atoms with Crippen LogP contribution in [-0.2, 0) is 31.4 Å². The molecule has 12 heteroatoms. The maximum atomic E-state index is 13.7. The van der Waals surface area contributed by atoms with E-state index < -0.39 is 32.5 Å². The summed E-state index contributed by atoms with van der Waals surface area (Å²) < 4.78 is 60.1. The fraction of sp³-hybridized carbons (Fsp3) is 0.208. The van der Waals surface area contributed by atoms with Crippen LogP contribution in [0.2, 0.25) is 5.02 Å². The molecule has 0 fully saturated rings. The number of aryl methyl sites for hydroxylation is 1. The molecular formula is C24H26ClN3O6S2. The van der Waals surface area contributed by atoms with Crippen molar-refractivity contribution in [2.24, 2.45) is 0 Å². The Hall–Kier alpha value is -2.96. The quantitative estimate of drug-likeness (QED) is 0.398. The molecule has 0 aliphatic heterocycles. The summed E-state index contributed by atoms with van der Waals surface area (Å²) in [4.78, 5) is 12.8. The van der Waals surface area contributed by atoms with Crippen molar-refractivity contribution in [3.63, 3.8) is 0 Å². The number of hydrogen-bond donors (Lipinski definition) is 2. The standard InChI is InChI=1S/C24H26ClN3O6S2/c1-17-9-11-20(35(30,31)26-2)14-21(17)27-24(29)16-28(15-18-7-5-4-6-8-18)36(32,33)23-13-19(25)10-12-22(23)34-3/h4-14,26H,15-16H2,1-3H3,(H,27,29). The lowest BCUT2D eigenvalue weighted by atomic mass is 10.2. The maximum Gasteiger partial charge on any atom is 0.247 e. The van der Waals surface area contributed by atoms with Gasteiger partial charge in [-0.3, -0.25) is 4.79 Å². The van der Waals surface area contributed by atoms with Gasteiger partial charge in [0.25, 0.3) is 0 Å². The molecule has 0 radical (unpaired) electrons. The van der Waals surface area contributed by atoms with Gasteiger partial charge in [0.2, 0.25) is 26.0 Å². The van der Waals surface area contributed by atoms with Crippen molar-refractivity contribution in [3.8, 4) is 5.75 Å². The van der Waals surface area contributed by atoms with E-state index in [9.17, 15) is 21.6 Å². The van der Waals surface area contributed by atoms with Crippen LogP contribution in [0.5, 0.6) is 5.75 Å². The van der Waals surface area contributed by atoms with Crippen molar-refractivity contribution in [1.82, 2.24) is 9.03 Å². The van der Waals surface area contributed by atoms with Gasteiger partial charge in [-0.1, -0.05) is 48.0 Å². The zero-order chi connectivity index (χ0) is 26.5. The smallest absolute Gasteiger partial charge is 0.247 e. The summed E-state index contributed by atoms with van der Waals surface area (Å²) in [6, 6.07) is 17.3. The number of rotatable bonds is 10. The van der Waals surface area contributed by atoms with Crippen LogP contribution in [0.15, 0.2) is 76.5 Å². The lowest BCUT2D eigenvalue weighted by Crippen LogP contribution is -2.37. The number of anilines is 1. The van der Waals surface area contributed by atoms with Gasteiger partial charge in [-0.2, -0.15) is 4.31 Å². The molecule has 3 rings (SSSR count). The van der Waals surface area contributed by atoms with Gasteiger partial charge < -0.3 is 10.1 Å². The van der Waals surface area contributed by atoms with Crippen molar-refractivity contribution in [3.05, 3.63) is 82.9 Å². The van der Waals surface area contributed by atoms with E-state index in [0.717, 1.165) is 4.31 Å². The van der Waals surface area contributed by atoms with Crippen LogP contribution < -0.4 is 14.8 Å². The number of amides is 1. The molecule has 9 nitrogen and oxygen atoms in total. The molecule has 0 saturated carbocycles. The van der Waals surface area contributed by atoms with Crippen LogP contribution in [0.3, 0.4) is 0 Å². The Kier molecular flexibility index (Phi) is 8.75. The van der Waals surface area contributed by atoms with E-state index in [2.05, 4.69) is 10.0 Å². The number of hydrogen-bond acceptors (Lipinski definition) is 6. The predicted octanol–water partition coefficient (Wildman–Crippen LogP) is 3.39. The molecule has 36 heavy (non-hydrogen) atoms. The monoisotopic (exact) mass is 551 g/mol. The molecule has 0 heterocycles. The first-order valence-electron chi connectivity index (χ1n) is 10.7. The molecule has 1 amide bonds. The third-order valence-corrected chi connectivity index (χ3v) is 8.79. The van der Waals surface area contributed by atoms with E-state index in [1.54, 1.807) is 43.3 Å². The van der Waals surface area contributed by atoms with E-state index in [-0.39, 0.29) is 32.8 Å². The molecule has 0 atom stereocenters. The second kappa shape index (κ2) is 11.4. The largest absolute Gasteiger partial charge is 0.495 e. The summed E-state index contributed by atoms with van der Waals surface area (Å²) in [5, 5.41) is 2.82. The lowest BCUT2D eigenvalue weighted by molar-refractivity contribution is -0.116. The first kappa shape index (κ1) is 27.6. The molecule has 0 aliphatic rings. The lowest BCUT2D eigenvalue weighted by Gasteiger charge is -2.23. The molecule has 192 valence electrons. The van der Waals surface area contributed by atoms with E-state index in [1.165, 1.54) is 44.5 Å². The predicted molar refractivity (Wildman–Crippen MR) is 138 cm³/mol. The number of sulfonamides is 2. The van der Waals surface area contributed by atoms with Gasteiger partial charge in [-0.25, -0.2) is 21.6 Å². The van der Waals surface area contributed by atoms with Crippen LogP contribution >= 0.6 is 11.6 Å². The highest BCUT2D eigenvalue weighted by atomic mass is 35.5. The molecule has 3 aromatic rings.